The average molecular weight is 371 g/mol. The first-order valence-corrected chi connectivity index (χ1v) is 9.35. The number of thiocarbonyl (C=S) groups is 1. The van der Waals surface area contributed by atoms with Gasteiger partial charge in [-0.25, -0.2) is 0 Å². The Labute approximate surface area is 160 Å². The summed E-state index contributed by atoms with van der Waals surface area (Å²) in [4.78, 5) is 0. The van der Waals surface area contributed by atoms with Gasteiger partial charge in [0.15, 0.2) is 5.11 Å². The Morgan fingerprint density at radius 3 is 2.54 bits per heavy atom. The van der Waals surface area contributed by atoms with Crippen molar-refractivity contribution in [3.8, 4) is 11.5 Å². The summed E-state index contributed by atoms with van der Waals surface area (Å²) in [6.45, 7) is 8.22. The normalized spacial score (nSPS) is 17.8. The van der Waals surface area contributed by atoms with Gasteiger partial charge in [-0.3, -0.25) is 0 Å². The van der Waals surface area contributed by atoms with Crippen LogP contribution in [0.4, 0.5) is 5.69 Å². The minimum absolute atomic E-state index is 0.110. The van der Waals surface area contributed by atoms with E-state index in [9.17, 15) is 0 Å². The molecule has 0 saturated heterocycles. The molecule has 0 aromatic heterocycles. The zero-order valence-electron chi connectivity index (χ0n) is 15.7. The van der Waals surface area contributed by atoms with Gasteiger partial charge in [-0.05, 0) is 70.2 Å². The molecule has 0 aliphatic carbocycles. The van der Waals surface area contributed by atoms with Gasteiger partial charge in [-0.2, -0.15) is 0 Å². The molecule has 138 valence electrons. The van der Waals surface area contributed by atoms with Crippen LogP contribution < -0.4 is 20.1 Å². The highest BCUT2D eigenvalue weighted by Crippen LogP contribution is 2.39. The van der Waals surface area contributed by atoms with Gasteiger partial charge < -0.3 is 20.1 Å². The van der Waals surface area contributed by atoms with Crippen LogP contribution in [0.3, 0.4) is 0 Å². The third kappa shape index (κ3) is 4.67. The number of ether oxygens (including phenoxy) is 2. The summed E-state index contributed by atoms with van der Waals surface area (Å²) in [6.07, 6.45) is 1.00. The Bertz CT molecular complexity index is 772. The van der Waals surface area contributed by atoms with Gasteiger partial charge in [0.25, 0.3) is 0 Å². The van der Waals surface area contributed by atoms with E-state index in [2.05, 4.69) is 30.5 Å². The van der Waals surface area contributed by atoms with Crippen molar-refractivity contribution in [2.45, 2.75) is 51.9 Å². The molecule has 0 bridgehead atoms. The molecule has 0 unspecified atom stereocenters. The van der Waals surface area contributed by atoms with Crippen LogP contribution in [0.5, 0.6) is 11.5 Å². The van der Waals surface area contributed by atoms with Gasteiger partial charge in [0.1, 0.15) is 17.1 Å². The fourth-order valence-electron chi connectivity index (χ4n) is 3.15. The molecule has 3 rings (SSSR count). The van der Waals surface area contributed by atoms with E-state index >= 15 is 0 Å². The van der Waals surface area contributed by atoms with Crippen LogP contribution in [0.2, 0.25) is 0 Å². The quantitative estimate of drug-likeness (QED) is 0.736. The van der Waals surface area contributed by atoms with E-state index in [0.29, 0.717) is 5.11 Å². The van der Waals surface area contributed by atoms with Gasteiger partial charge in [0.05, 0.1) is 12.1 Å². The summed E-state index contributed by atoms with van der Waals surface area (Å²) in [5.41, 5.74) is 1.83. The van der Waals surface area contributed by atoms with Crippen LogP contribution in [0.1, 0.15) is 45.7 Å². The van der Waals surface area contributed by atoms with Crippen molar-refractivity contribution >= 4 is 23.0 Å². The Balaban J connectivity index is 1.66. The first-order valence-electron chi connectivity index (χ1n) is 8.94. The Hall–Kier alpha value is -2.27. The van der Waals surface area contributed by atoms with Gasteiger partial charge in [0.2, 0.25) is 0 Å². The number of fused-ring (bicyclic) bond motifs is 1. The van der Waals surface area contributed by atoms with Crippen LogP contribution in [0.15, 0.2) is 48.5 Å². The van der Waals surface area contributed by atoms with Crippen LogP contribution in [0.25, 0.3) is 0 Å². The van der Waals surface area contributed by atoms with E-state index in [1.54, 1.807) is 0 Å². The first-order chi connectivity index (χ1) is 12.3. The van der Waals surface area contributed by atoms with Crippen molar-refractivity contribution in [3.05, 3.63) is 54.1 Å². The second-order valence-corrected chi connectivity index (χ2v) is 7.85. The summed E-state index contributed by atoms with van der Waals surface area (Å²) in [5.74, 6) is 1.77. The molecule has 1 heterocycles. The number of para-hydroxylation sites is 1. The molecule has 2 N–H and O–H groups in total. The zero-order chi connectivity index (χ0) is 18.7. The van der Waals surface area contributed by atoms with E-state index in [1.807, 2.05) is 56.3 Å². The Morgan fingerprint density at radius 2 is 1.85 bits per heavy atom. The summed E-state index contributed by atoms with van der Waals surface area (Å²) in [6, 6.07) is 16.0. The summed E-state index contributed by atoms with van der Waals surface area (Å²) >= 11 is 5.53. The highest BCUT2D eigenvalue weighted by atomic mass is 32.1. The van der Waals surface area contributed by atoms with Crippen LogP contribution in [0, 0.1) is 0 Å². The zero-order valence-corrected chi connectivity index (χ0v) is 16.5. The van der Waals surface area contributed by atoms with Crippen molar-refractivity contribution in [1.29, 1.82) is 0 Å². The third-order valence-corrected chi connectivity index (χ3v) is 4.39. The molecular formula is C21H26N2O2S. The molecule has 5 heteroatoms. The molecule has 1 atom stereocenters. The van der Waals surface area contributed by atoms with Gasteiger partial charge in [-0.15, -0.1) is 0 Å². The Morgan fingerprint density at radius 1 is 1.15 bits per heavy atom. The van der Waals surface area contributed by atoms with Crippen LogP contribution in [-0.4, -0.2) is 16.8 Å². The number of rotatable bonds is 4. The molecule has 0 spiro atoms. The number of hydrogen-bond acceptors (Lipinski definition) is 3. The van der Waals surface area contributed by atoms with Crippen molar-refractivity contribution in [3.63, 3.8) is 0 Å². The van der Waals surface area contributed by atoms with E-state index in [0.717, 1.165) is 29.2 Å². The minimum atomic E-state index is -0.239. The number of hydrogen-bond donors (Lipinski definition) is 2. The predicted molar refractivity (Wildman–Crippen MR) is 110 cm³/mol. The van der Waals surface area contributed by atoms with Gasteiger partial charge >= 0.3 is 0 Å². The number of benzene rings is 2. The summed E-state index contributed by atoms with van der Waals surface area (Å²) in [5, 5.41) is 7.28. The third-order valence-electron chi connectivity index (χ3n) is 4.17. The summed E-state index contributed by atoms with van der Waals surface area (Å²) in [7, 11) is 0. The highest BCUT2D eigenvalue weighted by molar-refractivity contribution is 7.80. The van der Waals surface area contributed by atoms with Crippen molar-refractivity contribution in [2.24, 2.45) is 0 Å². The van der Waals surface area contributed by atoms with E-state index in [1.165, 1.54) is 0 Å². The Kier molecular flexibility index (Phi) is 5.37. The lowest BCUT2D eigenvalue weighted by Gasteiger charge is -2.38. The topological polar surface area (TPSA) is 42.5 Å². The largest absolute Gasteiger partial charge is 0.491 e. The molecule has 0 fully saturated rings. The lowest BCUT2D eigenvalue weighted by molar-refractivity contribution is 0.0697. The predicted octanol–water partition coefficient (Wildman–Crippen LogP) is 5.06. The molecule has 1 aliphatic heterocycles. The molecule has 0 amide bonds. The van der Waals surface area contributed by atoms with Gasteiger partial charge in [-0.1, -0.05) is 18.2 Å². The standard InChI is InChI=1S/C21H26N2O2S/c1-14(2)24-16-11-9-15(10-12-16)22-20(26)23-18-13-21(3,4)25-19-8-6-5-7-17(18)19/h5-12,14,18H,13H2,1-4H3,(H2,22,23,26)/t18-/m0/s1. The monoisotopic (exact) mass is 370 g/mol. The molecule has 26 heavy (non-hydrogen) atoms. The molecule has 2 aromatic carbocycles. The second kappa shape index (κ2) is 7.54. The van der Waals surface area contributed by atoms with Crippen LogP contribution >= 0.6 is 12.2 Å². The lowest BCUT2D eigenvalue weighted by Crippen LogP contribution is -2.42. The number of nitrogens with one attached hydrogen (secondary N) is 2. The maximum Gasteiger partial charge on any atom is 0.171 e. The fourth-order valence-corrected chi connectivity index (χ4v) is 3.41. The molecular weight excluding hydrogens is 344 g/mol. The minimum Gasteiger partial charge on any atom is -0.491 e. The molecule has 0 radical (unpaired) electrons. The van der Waals surface area contributed by atoms with Crippen molar-refractivity contribution in [2.75, 3.05) is 5.32 Å². The molecule has 0 saturated carbocycles. The van der Waals surface area contributed by atoms with Gasteiger partial charge in [0, 0.05) is 17.7 Å². The SMILES string of the molecule is CC(C)Oc1ccc(NC(=S)N[C@H]2CC(C)(C)Oc3ccccc32)cc1. The van der Waals surface area contributed by atoms with Crippen LogP contribution in [-0.2, 0) is 0 Å². The highest BCUT2D eigenvalue weighted by Gasteiger charge is 2.33. The van der Waals surface area contributed by atoms with Crippen molar-refractivity contribution < 1.29 is 9.47 Å². The number of anilines is 1. The smallest absolute Gasteiger partial charge is 0.171 e. The second-order valence-electron chi connectivity index (χ2n) is 7.45. The summed E-state index contributed by atoms with van der Waals surface area (Å²) < 4.78 is 11.7. The van der Waals surface area contributed by atoms with E-state index in [4.69, 9.17) is 21.7 Å². The molecule has 2 aromatic rings. The maximum absolute atomic E-state index is 6.08. The maximum atomic E-state index is 6.08. The average Bonchev–Trinajstić information content (AvgIpc) is 2.55. The lowest BCUT2D eigenvalue weighted by atomic mass is 9.90. The molecule has 1 aliphatic rings. The van der Waals surface area contributed by atoms with E-state index < -0.39 is 0 Å². The van der Waals surface area contributed by atoms with Crippen molar-refractivity contribution in [1.82, 2.24) is 5.32 Å². The van der Waals surface area contributed by atoms with E-state index in [-0.39, 0.29) is 17.7 Å². The molecule has 4 nitrogen and oxygen atoms in total. The first kappa shape index (κ1) is 18.5. The fraction of sp³-hybridized carbons (Fsp3) is 0.381.